The molecule has 128 valence electrons. The lowest BCUT2D eigenvalue weighted by atomic mass is 10.1. The lowest BCUT2D eigenvalue weighted by Gasteiger charge is -2.09. The summed E-state index contributed by atoms with van der Waals surface area (Å²) in [6.07, 6.45) is 2.20. The van der Waals surface area contributed by atoms with Gasteiger partial charge in [-0.25, -0.2) is 17.6 Å². The average Bonchev–Trinajstić information content (AvgIpc) is 3.29. The number of carbonyl (C=O) groups is 1. The molecule has 0 unspecified atom stereocenters. The summed E-state index contributed by atoms with van der Waals surface area (Å²) in [6, 6.07) is 0.323. The lowest BCUT2D eigenvalue weighted by Crippen LogP contribution is -2.29. The zero-order valence-electron chi connectivity index (χ0n) is 12.2. The number of benzene rings is 1. The Labute approximate surface area is 138 Å². The van der Waals surface area contributed by atoms with Crippen molar-refractivity contribution in [3.05, 3.63) is 45.5 Å². The summed E-state index contributed by atoms with van der Waals surface area (Å²) < 4.78 is 55.6. The first kappa shape index (κ1) is 16.6. The van der Waals surface area contributed by atoms with E-state index in [1.54, 1.807) is 0 Å². The van der Waals surface area contributed by atoms with Gasteiger partial charge >= 0.3 is 0 Å². The monoisotopic (exact) mass is 360 g/mol. The van der Waals surface area contributed by atoms with Crippen LogP contribution >= 0.6 is 12.2 Å². The molecule has 1 aliphatic carbocycles. The number of H-pyrrole nitrogens is 1. The van der Waals surface area contributed by atoms with Crippen molar-refractivity contribution in [3.63, 3.8) is 0 Å². The number of amides is 1. The van der Waals surface area contributed by atoms with Gasteiger partial charge in [0.25, 0.3) is 5.91 Å². The molecule has 3 rings (SSSR count). The number of nitrogens with one attached hydrogen (secondary N) is 2. The molecule has 0 spiro atoms. The summed E-state index contributed by atoms with van der Waals surface area (Å²) in [6.45, 7) is -0.0256. The molecule has 1 aromatic carbocycles. The van der Waals surface area contributed by atoms with E-state index < -0.39 is 34.7 Å². The van der Waals surface area contributed by atoms with Crippen molar-refractivity contribution in [2.75, 3.05) is 6.54 Å². The van der Waals surface area contributed by atoms with E-state index in [1.807, 2.05) is 4.57 Å². The van der Waals surface area contributed by atoms with Crippen LogP contribution in [0.2, 0.25) is 0 Å². The number of hydrogen-bond acceptors (Lipinski definition) is 3. The molecule has 24 heavy (non-hydrogen) atoms. The fourth-order valence-electron chi connectivity index (χ4n) is 2.37. The van der Waals surface area contributed by atoms with Crippen LogP contribution in [0.5, 0.6) is 0 Å². The van der Waals surface area contributed by atoms with Crippen molar-refractivity contribution in [2.24, 2.45) is 0 Å². The van der Waals surface area contributed by atoms with Gasteiger partial charge in [-0.2, -0.15) is 5.10 Å². The topological polar surface area (TPSA) is 62.7 Å². The van der Waals surface area contributed by atoms with E-state index in [4.69, 9.17) is 12.2 Å². The fraction of sp³-hybridized carbons (Fsp3) is 0.357. The second-order valence-electron chi connectivity index (χ2n) is 5.40. The minimum atomic E-state index is -1.73. The normalized spacial score (nSPS) is 14.0. The van der Waals surface area contributed by atoms with Crippen LogP contribution in [0.4, 0.5) is 17.6 Å². The van der Waals surface area contributed by atoms with E-state index in [1.165, 1.54) is 0 Å². The van der Waals surface area contributed by atoms with Crippen molar-refractivity contribution < 1.29 is 22.4 Å². The van der Waals surface area contributed by atoms with E-state index in [0.717, 1.165) is 12.8 Å². The molecular formula is C14H12F4N4OS. The Morgan fingerprint density at radius 1 is 1.29 bits per heavy atom. The van der Waals surface area contributed by atoms with E-state index >= 15 is 0 Å². The summed E-state index contributed by atoms with van der Waals surface area (Å²) in [4.78, 5) is 11.8. The first-order valence-corrected chi connectivity index (χ1v) is 7.58. The largest absolute Gasteiger partial charge is 0.351 e. The Morgan fingerprint density at radius 3 is 2.50 bits per heavy atom. The third-order valence-corrected chi connectivity index (χ3v) is 3.95. The fourth-order valence-corrected chi connectivity index (χ4v) is 2.67. The Hall–Kier alpha value is -2.23. The van der Waals surface area contributed by atoms with E-state index in [-0.39, 0.29) is 25.1 Å². The van der Waals surface area contributed by atoms with Gasteiger partial charge in [0.15, 0.2) is 28.0 Å². The van der Waals surface area contributed by atoms with Crippen LogP contribution in [0.15, 0.2) is 6.07 Å². The Balaban J connectivity index is 1.70. The van der Waals surface area contributed by atoms with Crippen LogP contribution in [-0.2, 0) is 6.42 Å². The lowest BCUT2D eigenvalue weighted by molar-refractivity contribution is 0.0943. The molecule has 1 aliphatic rings. The standard InChI is InChI=1S/C14H12F4N4OS/c15-7-5-8(16)12(18)10(11(7)17)13(23)19-4-3-9-20-21-14(24)22(9)6-1-2-6/h5-6H,1-4H2,(H,19,23)(H,21,24). The maximum Gasteiger partial charge on any atom is 0.257 e. The molecule has 2 N–H and O–H groups in total. The van der Waals surface area contributed by atoms with Crippen molar-refractivity contribution >= 4 is 18.1 Å². The zero-order chi connectivity index (χ0) is 17.4. The van der Waals surface area contributed by atoms with Crippen LogP contribution in [0.3, 0.4) is 0 Å². The highest BCUT2D eigenvalue weighted by Crippen LogP contribution is 2.35. The molecule has 1 amide bonds. The molecule has 1 heterocycles. The molecule has 0 radical (unpaired) electrons. The van der Waals surface area contributed by atoms with Gasteiger partial charge in [-0.15, -0.1) is 0 Å². The van der Waals surface area contributed by atoms with Crippen molar-refractivity contribution in [2.45, 2.75) is 25.3 Å². The second kappa shape index (κ2) is 6.34. The molecule has 1 fully saturated rings. The van der Waals surface area contributed by atoms with Gasteiger partial charge in [0.2, 0.25) is 0 Å². The first-order valence-electron chi connectivity index (χ1n) is 7.17. The smallest absolute Gasteiger partial charge is 0.257 e. The summed E-state index contributed by atoms with van der Waals surface area (Å²) in [5.41, 5.74) is -1.28. The van der Waals surface area contributed by atoms with Gasteiger partial charge in [-0.05, 0) is 25.1 Å². The van der Waals surface area contributed by atoms with Gasteiger partial charge in [0, 0.05) is 25.1 Å². The van der Waals surface area contributed by atoms with E-state index in [0.29, 0.717) is 10.6 Å². The molecular weight excluding hydrogens is 348 g/mol. The van der Waals surface area contributed by atoms with Gasteiger partial charge in [-0.1, -0.05) is 0 Å². The average molecular weight is 360 g/mol. The van der Waals surface area contributed by atoms with Crippen LogP contribution in [0, 0.1) is 28.0 Å². The van der Waals surface area contributed by atoms with Gasteiger partial charge in [0.1, 0.15) is 11.4 Å². The molecule has 0 bridgehead atoms. The number of nitrogens with zero attached hydrogens (tertiary/aromatic N) is 2. The van der Waals surface area contributed by atoms with Crippen molar-refractivity contribution in [3.8, 4) is 0 Å². The predicted octanol–water partition coefficient (Wildman–Crippen LogP) is 2.80. The maximum absolute atomic E-state index is 13.5. The molecule has 1 aromatic heterocycles. The molecule has 10 heteroatoms. The quantitative estimate of drug-likeness (QED) is 0.490. The van der Waals surface area contributed by atoms with Gasteiger partial charge in [0.05, 0.1) is 0 Å². The second-order valence-corrected chi connectivity index (χ2v) is 5.78. The minimum absolute atomic E-state index is 0.0256. The number of hydrogen-bond donors (Lipinski definition) is 2. The minimum Gasteiger partial charge on any atom is -0.351 e. The maximum atomic E-state index is 13.5. The molecule has 0 atom stereocenters. The summed E-state index contributed by atoms with van der Waals surface area (Å²) in [5.74, 6) is -7.37. The van der Waals surface area contributed by atoms with Crippen LogP contribution in [0.1, 0.15) is 35.1 Å². The number of aromatic amines is 1. The Kier molecular flexibility index (Phi) is 4.39. The number of rotatable bonds is 5. The molecule has 2 aromatic rings. The summed E-state index contributed by atoms with van der Waals surface area (Å²) in [7, 11) is 0. The van der Waals surface area contributed by atoms with E-state index in [9.17, 15) is 22.4 Å². The highest BCUT2D eigenvalue weighted by Gasteiger charge is 2.27. The summed E-state index contributed by atoms with van der Waals surface area (Å²) >= 11 is 5.11. The third kappa shape index (κ3) is 3.05. The van der Waals surface area contributed by atoms with Crippen molar-refractivity contribution in [1.29, 1.82) is 0 Å². The van der Waals surface area contributed by atoms with Crippen LogP contribution < -0.4 is 5.32 Å². The molecule has 1 saturated carbocycles. The van der Waals surface area contributed by atoms with Crippen LogP contribution in [-0.4, -0.2) is 27.2 Å². The molecule has 0 saturated heterocycles. The first-order chi connectivity index (χ1) is 11.4. The van der Waals surface area contributed by atoms with Gasteiger partial charge in [-0.3, -0.25) is 9.89 Å². The molecule has 0 aliphatic heterocycles. The highest BCUT2D eigenvalue weighted by molar-refractivity contribution is 7.71. The number of aromatic nitrogens is 3. The van der Waals surface area contributed by atoms with E-state index in [2.05, 4.69) is 15.5 Å². The SMILES string of the molecule is O=C(NCCc1n[nH]c(=S)n1C1CC1)c1c(F)c(F)cc(F)c1F. The highest BCUT2D eigenvalue weighted by atomic mass is 32.1. The molecule has 5 nitrogen and oxygen atoms in total. The third-order valence-electron chi connectivity index (χ3n) is 3.66. The predicted molar refractivity (Wildman–Crippen MR) is 78.0 cm³/mol. The Morgan fingerprint density at radius 2 is 1.92 bits per heavy atom. The Bertz CT molecular complexity index is 833. The van der Waals surface area contributed by atoms with Crippen molar-refractivity contribution in [1.82, 2.24) is 20.1 Å². The number of halogens is 4. The summed E-state index contributed by atoms with van der Waals surface area (Å²) in [5, 5.41) is 8.91. The van der Waals surface area contributed by atoms with Crippen LogP contribution in [0.25, 0.3) is 0 Å². The zero-order valence-corrected chi connectivity index (χ0v) is 13.0. The van der Waals surface area contributed by atoms with Gasteiger partial charge < -0.3 is 9.88 Å². The number of carbonyl (C=O) groups excluding carboxylic acids is 1.